The zero-order valence-corrected chi connectivity index (χ0v) is 14.0. The number of hydrogen-bond donors (Lipinski definition) is 0. The van der Waals surface area contributed by atoms with Crippen LogP contribution in [0.25, 0.3) is 11.0 Å². The zero-order chi connectivity index (χ0) is 15.0. The van der Waals surface area contributed by atoms with Crippen molar-refractivity contribution in [3.8, 4) is 0 Å². The number of imidazole rings is 1. The standard InChI is InChI=1S/C16H21Cl2N3/c1-3-20-8-4-5-13(20)10-21-15-7-6-12(18)9-14(15)19-16(21)11(2)17/h6-7,9,11,13H,3-5,8,10H2,1-2H3. The van der Waals surface area contributed by atoms with E-state index < -0.39 is 0 Å². The first kappa shape index (κ1) is 15.1. The second-order valence-electron chi connectivity index (χ2n) is 5.75. The summed E-state index contributed by atoms with van der Waals surface area (Å²) in [6.07, 6.45) is 2.53. The fourth-order valence-corrected chi connectivity index (χ4v) is 3.68. The van der Waals surface area contributed by atoms with Gasteiger partial charge in [-0.1, -0.05) is 18.5 Å². The summed E-state index contributed by atoms with van der Waals surface area (Å²) >= 11 is 12.4. The van der Waals surface area contributed by atoms with Crippen LogP contribution in [0.3, 0.4) is 0 Å². The quantitative estimate of drug-likeness (QED) is 0.773. The number of benzene rings is 1. The van der Waals surface area contributed by atoms with Crippen molar-refractivity contribution < 1.29 is 0 Å². The summed E-state index contributed by atoms with van der Waals surface area (Å²) in [6, 6.07) is 6.48. The summed E-state index contributed by atoms with van der Waals surface area (Å²) in [6.45, 7) is 7.47. The summed E-state index contributed by atoms with van der Waals surface area (Å²) in [5, 5.41) is 0.615. The molecule has 2 heterocycles. The second-order valence-corrected chi connectivity index (χ2v) is 6.85. The summed E-state index contributed by atoms with van der Waals surface area (Å²) < 4.78 is 2.28. The van der Waals surface area contributed by atoms with Gasteiger partial charge in [0.2, 0.25) is 0 Å². The minimum atomic E-state index is -0.104. The van der Waals surface area contributed by atoms with Gasteiger partial charge in [0.05, 0.1) is 16.4 Å². The molecule has 0 saturated carbocycles. The van der Waals surface area contributed by atoms with Crippen LogP contribution in [0.2, 0.25) is 5.02 Å². The van der Waals surface area contributed by atoms with Crippen LogP contribution in [-0.4, -0.2) is 33.6 Å². The van der Waals surface area contributed by atoms with Crippen LogP contribution in [0, 0.1) is 0 Å². The maximum Gasteiger partial charge on any atom is 0.127 e. The molecule has 3 nitrogen and oxygen atoms in total. The van der Waals surface area contributed by atoms with Crippen molar-refractivity contribution in [1.82, 2.24) is 14.5 Å². The minimum Gasteiger partial charge on any atom is -0.325 e. The molecule has 2 unspecified atom stereocenters. The Morgan fingerprint density at radius 2 is 2.24 bits per heavy atom. The Hall–Kier alpha value is -0.770. The van der Waals surface area contributed by atoms with Crippen LogP contribution in [0.1, 0.15) is 37.9 Å². The summed E-state index contributed by atoms with van der Waals surface area (Å²) in [4.78, 5) is 7.24. The number of halogens is 2. The van der Waals surface area contributed by atoms with Crippen molar-refractivity contribution >= 4 is 34.2 Å². The van der Waals surface area contributed by atoms with E-state index in [1.165, 1.54) is 19.4 Å². The molecule has 0 N–H and O–H groups in total. The molecular weight excluding hydrogens is 305 g/mol. The first-order valence-corrected chi connectivity index (χ1v) is 8.45. The Balaban J connectivity index is 2.01. The molecule has 114 valence electrons. The van der Waals surface area contributed by atoms with Gasteiger partial charge < -0.3 is 4.57 Å². The lowest BCUT2D eigenvalue weighted by Gasteiger charge is -2.24. The van der Waals surface area contributed by atoms with E-state index >= 15 is 0 Å². The number of alkyl halides is 1. The number of likely N-dealkylation sites (tertiary alicyclic amines) is 1. The van der Waals surface area contributed by atoms with E-state index in [2.05, 4.69) is 22.5 Å². The molecule has 1 aromatic heterocycles. The van der Waals surface area contributed by atoms with Crippen molar-refractivity contribution in [1.29, 1.82) is 0 Å². The molecule has 0 radical (unpaired) electrons. The first-order valence-electron chi connectivity index (χ1n) is 7.64. The lowest BCUT2D eigenvalue weighted by atomic mass is 10.2. The van der Waals surface area contributed by atoms with Gasteiger partial charge in [0, 0.05) is 17.6 Å². The number of likely N-dealkylation sites (N-methyl/N-ethyl adjacent to an activating group) is 1. The summed E-state index contributed by atoms with van der Waals surface area (Å²) in [5.74, 6) is 0.942. The van der Waals surface area contributed by atoms with Crippen LogP contribution in [0.5, 0.6) is 0 Å². The van der Waals surface area contributed by atoms with E-state index in [4.69, 9.17) is 28.2 Å². The molecule has 0 bridgehead atoms. The molecule has 1 aliphatic heterocycles. The molecule has 0 aliphatic carbocycles. The molecule has 21 heavy (non-hydrogen) atoms. The predicted octanol–water partition coefficient (Wildman–Crippen LogP) is 4.47. The number of rotatable bonds is 4. The predicted molar refractivity (Wildman–Crippen MR) is 89.3 cm³/mol. The first-order chi connectivity index (χ1) is 10.1. The maximum atomic E-state index is 6.35. The third-order valence-electron chi connectivity index (χ3n) is 4.39. The van der Waals surface area contributed by atoms with Gasteiger partial charge in [-0.25, -0.2) is 4.98 Å². The Kier molecular flexibility index (Phi) is 4.43. The van der Waals surface area contributed by atoms with Gasteiger partial charge in [0.25, 0.3) is 0 Å². The number of fused-ring (bicyclic) bond motifs is 1. The average molecular weight is 326 g/mol. The van der Waals surface area contributed by atoms with Gasteiger partial charge in [-0.2, -0.15) is 0 Å². The molecule has 1 saturated heterocycles. The molecule has 5 heteroatoms. The van der Waals surface area contributed by atoms with Crippen LogP contribution in [-0.2, 0) is 6.54 Å². The van der Waals surface area contributed by atoms with Crippen LogP contribution < -0.4 is 0 Å². The van der Waals surface area contributed by atoms with Crippen LogP contribution in [0.15, 0.2) is 18.2 Å². The molecular formula is C16H21Cl2N3. The smallest absolute Gasteiger partial charge is 0.127 e. The summed E-state index contributed by atoms with van der Waals surface area (Å²) in [7, 11) is 0. The van der Waals surface area contributed by atoms with E-state index in [1.807, 2.05) is 19.1 Å². The third kappa shape index (κ3) is 2.92. The van der Waals surface area contributed by atoms with Gasteiger partial charge in [0.1, 0.15) is 5.82 Å². The molecule has 0 amide bonds. The van der Waals surface area contributed by atoms with Crippen molar-refractivity contribution in [2.45, 2.75) is 44.7 Å². The van der Waals surface area contributed by atoms with Crippen molar-refractivity contribution in [3.05, 3.63) is 29.0 Å². The fourth-order valence-electron chi connectivity index (χ4n) is 3.35. The molecule has 1 fully saturated rings. The highest BCUT2D eigenvalue weighted by Crippen LogP contribution is 2.28. The highest BCUT2D eigenvalue weighted by molar-refractivity contribution is 6.31. The van der Waals surface area contributed by atoms with Crippen molar-refractivity contribution in [2.75, 3.05) is 13.1 Å². The van der Waals surface area contributed by atoms with Crippen molar-refractivity contribution in [2.24, 2.45) is 0 Å². The van der Waals surface area contributed by atoms with E-state index in [9.17, 15) is 0 Å². The topological polar surface area (TPSA) is 21.1 Å². The SMILES string of the molecule is CCN1CCCC1Cn1c(C(C)Cl)nc2cc(Cl)ccc21. The van der Waals surface area contributed by atoms with E-state index in [-0.39, 0.29) is 5.38 Å². The lowest BCUT2D eigenvalue weighted by Crippen LogP contribution is -2.33. The Labute approximate surface area is 135 Å². The Morgan fingerprint density at radius 3 is 2.95 bits per heavy atom. The van der Waals surface area contributed by atoms with Gasteiger partial charge in [-0.05, 0) is 51.1 Å². The maximum absolute atomic E-state index is 6.35. The molecule has 2 aromatic rings. The van der Waals surface area contributed by atoms with Gasteiger partial charge in [-0.3, -0.25) is 4.90 Å². The molecule has 1 aliphatic rings. The van der Waals surface area contributed by atoms with Gasteiger partial charge in [-0.15, -0.1) is 11.6 Å². The monoisotopic (exact) mass is 325 g/mol. The highest BCUT2D eigenvalue weighted by atomic mass is 35.5. The van der Waals surface area contributed by atoms with Gasteiger partial charge in [0.15, 0.2) is 0 Å². The van der Waals surface area contributed by atoms with Gasteiger partial charge >= 0.3 is 0 Å². The average Bonchev–Trinajstić information content (AvgIpc) is 3.03. The van der Waals surface area contributed by atoms with Crippen LogP contribution >= 0.6 is 23.2 Å². The van der Waals surface area contributed by atoms with E-state index in [0.717, 1.165) is 35.0 Å². The third-order valence-corrected chi connectivity index (χ3v) is 4.82. The lowest BCUT2D eigenvalue weighted by molar-refractivity contribution is 0.244. The normalized spacial score (nSPS) is 21.2. The molecule has 0 spiro atoms. The van der Waals surface area contributed by atoms with Crippen molar-refractivity contribution in [3.63, 3.8) is 0 Å². The molecule has 2 atom stereocenters. The highest BCUT2D eigenvalue weighted by Gasteiger charge is 2.25. The molecule has 3 rings (SSSR count). The zero-order valence-electron chi connectivity index (χ0n) is 12.5. The van der Waals surface area contributed by atoms with E-state index in [1.54, 1.807) is 0 Å². The summed E-state index contributed by atoms with van der Waals surface area (Å²) in [5.41, 5.74) is 2.07. The largest absolute Gasteiger partial charge is 0.325 e. The fraction of sp³-hybridized carbons (Fsp3) is 0.562. The Bertz CT molecular complexity index is 636. The minimum absolute atomic E-state index is 0.104. The van der Waals surface area contributed by atoms with Crippen LogP contribution in [0.4, 0.5) is 0 Å². The van der Waals surface area contributed by atoms with E-state index in [0.29, 0.717) is 6.04 Å². The Morgan fingerprint density at radius 1 is 1.43 bits per heavy atom. The number of hydrogen-bond acceptors (Lipinski definition) is 2. The second kappa shape index (κ2) is 6.15. The molecule has 1 aromatic carbocycles. The number of aromatic nitrogens is 2. The number of nitrogens with zero attached hydrogens (tertiary/aromatic N) is 3.